The zero-order chi connectivity index (χ0) is 14.7. The summed E-state index contributed by atoms with van der Waals surface area (Å²) in [6.07, 6.45) is 0. The molecule has 0 fully saturated rings. The molecule has 21 heavy (non-hydrogen) atoms. The Bertz CT molecular complexity index is 624. The zero-order valence-electron chi connectivity index (χ0n) is 12.6. The van der Waals surface area contributed by atoms with Crippen molar-refractivity contribution in [1.82, 2.24) is 5.32 Å². The van der Waals surface area contributed by atoms with Crippen molar-refractivity contribution in [3.8, 4) is 11.5 Å². The van der Waals surface area contributed by atoms with Gasteiger partial charge in [-0.2, -0.15) is 0 Å². The molecule has 1 heterocycles. The molecule has 0 saturated carbocycles. The highest BCUT2D eigenvalue weighted by Crippen LogP contribution is 2.30. The third-order valence-electron chi connectivity index (χ3n) is 3.87. The van der Waals surface area contributed by atoms with Crippen LogP contribution in [0.1, 0.15) is 29.7 Å². The Kier molecular flexibility index (Phi) is 4.11. The summed E-state index contributed by atoms with van der Waals surface area (Å²) in [4.78, 5) is 0. The number of hydrogen-bond donors (Lipinski definition) is 1. The van der Waals surface area contributed by atoms with Gasteiger partial charge in [-0.05, 0) is 42.7 Å². The maximum absolute atomic E-state index is 5.62. The summed E-state index contributed by atoms with van der Waals surface area (Å²) in [5.41, 5.74) is 3.87. The Morgan fingerprint density at radius 3 is 2.62 bits per heavy atom. The molecule has 0 bridgehead atoms. The molecule has 1 aliphatic heterocycles. The lowest BCUT2D eigenvalue weighted by atomic mass is 10.0. The van der Waals surface area contributed by atoms with Crippen molar-refractivity contribution < 1.29 is 9.47 Å². The van der Waals surface area contributed by atoms with Crippen molar-refractivity contribution >= 4 is 0 Å². The third-order valence-corrected chi connectivity index (χ3v) is 3.87. The molecule has 0 saturated heterocycles. The van der Waals surface area contributed by atoms with Gasteiger partial charge in [-0.3, -0.25) is 0 Å². The molecule has 3 rings (SSSR count). The SMILES string of the molecule is Cc1ccccc1[C@@H](C)NCc1ccc2c(c1)OCCO2. The molecule has 1 N–H and O–H groups in total. The highest BCUT2D eigenvalue weighted by atomic mass is 16.6. The van der Waals surface area contributed by atoms with Gasteiger partial charge in [0, 0.05) is 12.6 Å². The van der Waals surface area contributed by atoms with Crippen LogP contribution < -0.4 is 14.8 Å². The number of benzene rings is 2. The zero-order valence-corrected chi connectivity index (χ0v) is 12.6. The van der Waals surface area contributed by atoms with E-state index in [4.69, 9.17) is 9.47 Å². The van der Waals surface area contributed by atoms with Crippen molar-refractivity contribution in [2.45, 2.75) is 26.4 Å². The number of aryl methyl sites for hydroxylation is 1. The fraction of sp³-hybridized carbons (Fsp3) is 0.333. The summed E-state index contributed by atoms with van der Waals surface area (Å²) in [6.45, 7) is 6.42. The van der Waals surface area contributed by atoms with Crippen molar-refractivity contribution in [3.63, 3.8) is 0 Å². The van der Waals surface area contributed by atoms with E-state index in [1.165, 1.54) is 16.7 Å². The van der Waals surface area contributed by atoms with Crippen molar-refractivity contribution in [2.24, 2.45) is 0 Å². The van der Waals surface area contributed by atoms with Gasteiger partial charge in [0.2, 0.25) is 0 Å². The molecule has 2 aromatic carbocycles. The van der Waals surface area contributed by atoms with Crippen LogP contribution in [0.25, 0.3) is 0 Å². The second kappa shape index (κ2) is 6.19. The van der Waals surface area contributed by atoms with Gasteiger partial charge < -0.3 is 14.8 Å². The first-order valence-corrected chi connectivity index (χ1v) is 7.41. The van der Waals surface area contributed by atoms with E-state index in [0.29, 0.717) is 19.3 Å². The number of nitrogens with one attached hydrogen (secondary N) is 1. The summed E-state index contributed by atoms with van der Waals surface area (Å²) in [6, 6.07) is 15.0. The smallest absolute Gasteiger partial charge is 0.161 e. The van der Waals surface area contributed by atoms with E-state index in [-0.39, 0.29) is 0 Å². The highest BCUT2D eigenvalue weighted by molar-refractivity contribution is 5.43. The monoisotopic (exact) mass is 283 g/mol. The average Bonchev–Trinajstić information content (AvgIpc) is 2.53. The Morgan fingerprint density at radius 1 is 1.05 bits per heavy atom. The van der Waals surface area contributed by atoms with Crippen LogP contribution in [0.2, 0.25) is 0 Å². The van der Waals surface area contributed by atoms with Gasteiger partial charge >= 0.3 is 0 Å². The van der Waals surface area contributed by atoms with Gasteiger partial charge in [0.05, 0.1) is 0 Å². The molecule has 0 aliphatic carbocycles. The molecule has 0 unspecified atom stereocenters. The van der Waals surface area contributed by atoms with Crippen LogP contribution in [-0.4, -0.2) is 13.2 Å². The summed E-state index contributed by atoms with van der Waals surface area (Å²) in [5, 5.41) is 3.57. The summed E-state index contributed by atoms with van der Waals surface area (Å²) in [7, 11) is 0. The van der Waals surface area contributed by atoms with E-state index in [0.717, 1.165) is 18.0 Å². The first-order valence-electron chi connectivity index (χ1n) is 7.41. The van der Waals surface area contributed by atoms with E-state index in [1.807, 2.05) is 6.07 Å². The summed E-state index contributed by atoms with van der Waals surface area (Å²) in [5.74, 6) is 1.70. The van der Waals surface area contributed by atoms with E-state index in [9.17, 15) is 0 Å². The summed E-state index contributed by atoms with van der Waals surface area (Å²) < 4.78 is 11.2. The van der Waals surface area contributed by atoms with Crippen LogP contribution in [0.3, 0.4) is 0 Å². The van der Waals surface area contributed by atoms with Crippen molar-refractivity contribution in [1.29, 1.82) is 0 Å². The quantitative estimate of drug-likeness (QED) is 0.929. The van der Waals surface area contributed by atoms with E-state index >= 15 is 0 Å². The van der Waals surface area contributed by atoms with E-state index in [2.05, 4.69) is 55.6 Å². The Balaban J connectivity index is 1.66. The summed E-state index contributed by atoms with van der Waals surface area (Å²) >= 11 is 0. The van der Waals surface area contributed by atoms with Gasteiger partial charge in [-0.25, -0.2) is 0 Å². The fourth-order valence-electron chi connectivity index (χ4n) is 2.65. The maximum atomic E-state index is 5.62. The minimum atomic E-state index is 0.319. The van der Waals surface area contributed by atoms with Gasteiger partial charge in [-0.15, -0.1) is 0 Å². The number of rotatable bonds is 4. The fourth-order valence-corrected chi connectivity index (χ4v) is 2.65. The van der Waals surface area contributed by atoms with Crippen LogP contribution >= 0.6 is 0 Å². The molecule has 1 atom stereocenters. The van der Waals surface area contributed by atoms with Crippen molar-refractivity contribution in [3.05, 3.63) is 59.2 Å². The van der Waals surface area contributed by atoms with Crippen LogP contribution in [0.15, 0.2) is 42.5 Å². The average molecular weight is 283 g/mol. The molecule has 3 nitrogen and oxygen atoms in total. The van der Waals surface area contributed by atoms with E-state index < -0.39 is 0 Å². The normalized spacial score (nSPS) is 14.8. The third kappa shape index (κ3) is 3.19. The van der Waals surface area contributed by atoms with Crippen LogP contribution in [0, 0.1) is 6.92 Å². The molecule has 0 amide bonds. The lowest BCUT2D eigenvalue weighted by Gasteiger charge is -2.20. The molecule has 0 aromatic heterocycles. The predicted molar refractivity (Wildman–Crippen MR) is 83.9 cm³/mol. The Labute approximate surface area is 125 Å². The minimum Gasteiger partial charge on any atom is -0.486 e. The number of ether oxygens (including phenoxy) is 2. The Hall–Kier alpha value is -2.00. The standard InChI is InChI=1S/C18H21NO2/c1-13-5-3-4-6-16(13)14(2)19-12-15-7-8-17-18(11-15)21-10-9-20-17/h3-8,11,14,19H,9-10,12H2,1-2H3/t14-/m1/s1. The topological polar surface area (TPSA) is 30.5 Å². The largest absolute Gasteiger partial charge is 0.486 e. The molecule has 110 valence electrons. The molecule has 0 radical (unpaired) electrons. The molecule has 3 heteroatoms. The second-order valence-corrected chi connectivity index (χ2v) is 5.44. The molecular formula is C18H21NO2. The van der Waals surface area contributed by atoms with Crippen molar-refractivity contribution in [2.75, 3.05) is 13.2 Å². The molecule has 0 spiro atoms. The number of hydrogen-bond acceptors (Lipinski definition) is 3. The minimum absolute atomic E-state index is 0.319. The van der Waals surface area contributed by atoms with Gasteiger partial charge in [0.15, 0.2) is 11.5 Å². The lowest BCUT2D eigenvalue weighted by molar-refractivity contribution is 0.171. The van der Waals surface area contributed by atoms with Gasteiger partial charge in [0.25, 0.3) is 0 Å². The molecule has 2 aromatic rings. The molecular weight excluding hydrogens is 262 g/mol. The molecule has 1 aliphatic rings. The van der Waals surface area contributed by atoms with Crippen LogP contribution in [-0.2, 0) is 6.54 Å². The Morgan fingerprint density at radius 2 is 1.81 bits per heavy atom. The van der Waals surface area contributed by atoms with E-state index in [1.54, 1.807) is 0 Å². The number of fused-ring (bicyclic) bond motifs is 1. The second-order valence-electron chi connectivity index (χ2n) is 5.44. The highest BCUT2D eigenvalue weighted by Gasteiger charge is 2.12. The first kappa shape index (κ1) is 14.0. The first-order chi connectivity index (χ1) is 10.2. The predicted octanol–water partition coefficient (Wildman–Crippen LogP) is 3.62. The van der Waals surface area contributed by atoms with Crippen LogP contribution in [0.5, 0.6) is 11.5 Å². The van der Waals surface area contributed by atoms with Gasteiger partial charge in [-0.1, -0.05) is 30.3 Å². The maximum Gasteiger partial charge on any atom is 0.161 e. The lowest BCUT2D eigenvalue weighted by Crippen LogP contribution is -2.19. The van der Waals surface area contributed by atoms with Gasteiger partial charge in [0.1, 0.15) is 13.2 Å². The van der Waals surface area contributed by atoms with Crippen LogP contribution in [0.4, 0.5) is 0 Å².